The maximum absolute atomic E-state index is 13.0. The Morgan fingerprint density at radius 2 is 1.79 bits per heavy atom. The van der Waals surface area contributed by atoms with E-state index in [-0.39, 0.29) is 9.79 Å². The normalized spacial score (nSPS) is 11.8. The van der Waals surface area contributed by atoms with E-state index in [0.717, 1.165) is 35.0 Å². The van der Waals surface area contributed by atoms with Crippen LogP contribution in [0.15, 0.2) is 52.3 Å². The van der Waals surface area contributed by atoms with Gasteiger partial charge in [-0.15, -0.1) is 0 Å². The van der Waals surface area contributed by atoms with Gasteiger partial charge in [0.2, 0.25) is 9.84 Å². The number of methoxy groups -OCH3 is 1. The summed E-state index contributed by atoms with van der Waals surface area (Å²) in [4.78, 5) is 3.76. The minimum Gasteiger partial charge on any atom is -0.493 e. The second kappa shape index (κ2) is 6.32. The van der Waals surface area contributed by atoms with Crippen LogP contribution in [0.1, 0.15) is 24.6 Å². The van der Waals surface area contributed by atoms with Crippen molar-refractivity contribution in [3.05, 3.63) is 53.7 Å². The summed E-state index contributed by atoms with van der Waals surface area (Å²) in [5.74, 6) is 0.371. The van der Waals surface area contributed by atoms with Crippen LogP contribution in [-0.2, 0) is 16.3 Å². The highest BCUT2D eigenvalue weighted by Crippen LogP contribution is 2.36. The second-order valence-electron chi connectivity index (χ2n) is 5.92. The zero-order valence-electron chi connectivity index (χ0n) is 14.1. The molecule has 126 valence electrons. The number of H-pyrrole nitrogens is 1. The molecule has 0 atom stereocenters. The van der Waals surface area contributed by atoms with E-state index in [2.05, 4.69) is 11.9 Å². The van der Waals surface area contributed by atoms with Gasteiger partial charge in [-0.05, 0) is 37.6 Å². The lowest BCUT2D eigenvalue weighted by Gasteiger charge is -2.11. The fourth-order valence-electron chi connectivity index (χ4n) is 2.88. The monoisotopic (exact) mass is 343 g/mol. The molecule has 5 heteroatoms. The predicted molar refractivity (Wildman–Crippen MR) is 95.5 cm³/mol. The molecule has 0 bridgehead atoms. The molecule has 1 heterocycles. The molecule has 1 aromatic heterocycles. The summed E-state index contributed by atoms with van der Waals surface area (Å²) in [5, 5.41) is 0.957. The average Bonchev–Trinajstić information content (AvgIpc) is 2.97. The summed E-state index contributed by atoms with van der Waals surface area (Å²) in [5.41, 5.74) is 2.83. The molecule has 0 aliphatic heterocycles. The van der Waals surface area contributed by atoms with Crippen LogP contribution in [0.2, 0.25) is 0 Å². The van der Waals surface area contributed by atoms with Crippen molar-refractivity contribution in [3.63, 3.8) is 0 Å². The van der Waals surface area contributed by atoms with E-state index >= 15 is 0 Å². The van der Waals surface area contributed by atoms with Crippen molar-refractivity contribution in [2.24, 2.45) is 0 Å². The van der Waals surface area contributed by atoms with Gasteiger partial charge in [-0.25, -0.2) is 8.42 Å². The minimum atomic E-state index is -3.64. The van der Waals surface area contributed by atoms with Crippen LogP contribution in [-0.4, -0.2) is 20.5 Å². The third kappa shape index (κ3) is 2.80. The number of aromatic amines is 1. The van der Waals surface area contributed by atoms with Crippen LogP contribution >= 0.6 is 0 Å². The summed E-state index contributed by atoms with van der Waals surface area (Å²) >= 11 is 0. The molecule has 1 N–H and O–H groups in total. The maximum atomic E-state index is 13.0. The van der Waals surface area contributed by atoms with Gasteiger partial charge in [0.15, 0.2) is 5.75 Å². The third-order valence-corrected chi connectivity index (χ3v) is 5.91. The first kappa shape index (κ1) is 16.6. The molecule has 0 unspecified atom stereocenters. The van der Waals surface area contributed by atoms with E-state index in [1.165, 1.54) is 7.11 Å². The predicted octanol–water partition coefficient (Wildman–Crippen LogP) is 4.27. The number of benzene rings is 2. The molecule has 0 saturated heterocycles. The topological polar surface area (TPSA) is 59.2 Å². The largest absolute Gasteiger partial charge is 0.493 e. The molecule has 0 aliphatic carbocycles. The highest BCUT2D eigenvalue weighted by atomic mass is 32.2. The van der Waals surface area contributed by atoms with Crippen molar-refractivity contribution in [2.45, 2.75) is 36.5 Å². The first-order chi connectivity index (χ1) is 11.5. The molecular weight excluding hydrogens is 322 g/mol. The lowest BCUT2D eigenvalue weighted by Crippen LogP contribution is -2.04. The Balaban J connectivity index is 2.19. The fourth-order valence-corrected chi connectivity index (χ4v) is 4.30. The van der Waals surface area contributed by atoms with Crippen molar-refractivity contribution in [2.75, 3.05) is 7.11 Å². The van der Waals surface area contributed by atoms with Crippen LogP contribution < -0.4 is 4.74 Å². The third-order valence-electron chi connectivity index (χ3n) is 4.11. The number of aromatic nitrogens is 1. The molecule has 0 spiro atoms. The minimum absolute atomic E-state index is 0.186. The van der Waals surface area contributed by atoms with E-state index < -0.39 is 9.84 Å². The molecule has 0 saturated carbocycles. The zero-order chi connectivity index (χ0) is 17.3. The molecule has 24 heavy (non-hydrogen) atoms. The number of rotatable bonds is 5. The SMILES string of the molecule is CCCc1cc2ccc(S(=O)(=O)c3ccc(C)cc3)c(OC)c2[nH]1. The molecule has 0 aliphatic rings. The van der Waals surface area contributed by atoms with Gasteiger partial charge in [0, 0.05) is 11.1 Å². The Kier molecular flexibility index (Phi) is 4.37. The van der Waals surface area contributed by atoms with Gasteiger partial charge in [0.25, 0.3) is 0 Å². The van der Waals surface area contributed by atoms with Gasteiger partial charge in [-0.2, -0.15) is 0 Å². The van der Waals surface area contributed by atoms with Crippen molar-refractivity contribution >= 4 is 20.7 Å². The lowest BCUT2D eigenvalue weighted by atomic mass is 10.2. The molecule has 2 aromatic carbocycles. The van der Waals surface area contributed by atoms with Crippen LogP contribution in [0, 0.1) is 6.92 Å². The molecule has 3 rings (SSSR count). The highest BCUT2D eigenvalue weighted by molar-refractivity contribution is 7.91. The summed E-state index contributed by atoms with van der Waals surface area (Å²) in [6.07, 6.45) is 1.93. The Labute approximate surface area is 142 Å². The summed E-state index contributed by atoms with van der Waals surface area (Å²) in [6, 6.07) is 12.4. The number of hydrogen-bond acceptors (Lipinski definition) is 3. The number of hydrogen-bond donors (Lipinski definition) is 1. The fraction of sp³-hybridized carbons (Fsp3) is 0.263. The van der Waals surface area contributed by atoms with E-state index in [9.17, 15) is 8.42 Å². The van der Waals surface area contributed by atoms with Gasteiger partial charge in [-0.3, -0.25) is 0 Å². The van der Waals surface area contributed by atoms with Crippen LogP contribution in [0.5, 0.6) is 5.75 Å². The van der Waals surface area contributed by atoms with E-state index in [0.29, 0.717) is 5.75 Å². The van der Waals surface area contributed by atoms with E-state index in [4.69, 9.17) is 4.74 Å². The number of fused-ring (bicyclic) bond motifs is 1. The Morgan fingerprint density at radius 1 is 1.08 bits per heavy atom. The summed E-state index contributed by atoms with van der Waals surface area (Å²) < 4.78 is 31.5. The lowest BCUT2D eigenvalue weighted by molar-refractivity contribution is 0.407. The Bertz CT molecular complexity index is 970. The average molecular weight is 343 g/mol. The quantitative estimate of drug-likeness (QED) is 0.752. The van der Waals surface area contributed by atoms with Crippen molar-refractivity contribution in [3.8, 4) is 5.75 Å². The van der Waals surface area contributed by atoms with Crippen LogP contribution in [0.4, 0.5) is 0 Å². The molecule has 0 amide bonds. The zero-order valence-corrected chi connectivity index (χ0v) is 14.9. The van der Waals surface area contributed by atoms with Crippen molar-refractivity contribution < 1.29 is 13.2 Å². The summed E-state index contributed by atoms with van der Waals surface area (Å²) in [7, 11) is -2.13. The van der Waals surface area contributed by atoms with Gasteiger partial charge in [0.1, 0.15) is 4.90 Å². The molecule has 0 radical (unpaired) electrons. The smallest absolute Gasteiger partial charge is 0.210 e. The second-order valence-corrected chi connectivity index (χ2v) is 7.84. The number of nitrogens with one attached hydrogen (secondary N) is 1. The standard InChI is InChI=1S/C19H21NO3S/c1-4-5-15-12-14-8-11-17(19(23-3)18(14)20-15)24(21,22)16-9-6-13(2)7-10-16/h6-12,20H,4-5H2,1-3H3. The molecule has 3 aromatic rings. The molecule has 4 nitrogen and oxygen atoms in total. The number of aryl methyl sites for hydroxylation is 2. The van der Waals surface area contributed by atoms with Crippen LogP contribution in [0.25, 0.3) is 10.9 Å². The Morgan fingerprint density at radius 3 is 2.42 bits per heavy atom. The van der Waals surface area contributed by atoms with Crippen LogP contribution in [0.3, 0.4) is 0 Å². The number of ether oxygens (including phenoxy) is 1. The first-order valence-electron chi connectivity index (χ1n) is 7.97. The van der Waals surface area contributed by atoms with Gasteiger partial charge in [0.05, 0.1) is 17.5 Å². The molecule has 0 fully saturated rings. The molecular formula is C19H21NO3S. The maximum Gasteiger partial charge on any atom is 0.210 e. The van der Waals surface area contributed by atoms with E-state index in [1.807, 2.05) is 19.1 Å². The highest BCUT2D eigenvalue weighted by Gasteiger charge is 2.24. The van der Waals surface area contributed by atoms with Crippen molar-refractivity contribution in [1.82, 2.24) is 4.98 Å². The van der Waals surface area contributed by atoms with Gasteiger partial charge >= 0.3 is 0 Å². The Hall–Kier alpha value is -2.27. The number of sulfone groups is 1. The van der Waals surface area contributed by atoms with E-state index in [1.54, 1.807) is 30.3 Å². The van der Waals surface area contributed by atoms with Crippen molar-refractivity contribution in [1.29, 1.82) is 0 Å². The van der Waals surface area contributed by atoms with Gasteiger partial charge in [-0.1, -0.05) is 37.1 Å². The van der Waals surface area contributed by atoms with Gasteiger partial charge < -0.3 is 9.72 Å². The first-order valence-corrected chi connectivity index (χ1v) is 9.46. The summed E-state index contributed by atoms with van der Waals surface area (Å²) in [6.45, 7) is 4.03.